The number of halogens is 2. The normalized spacial score (nSPS) is 14.9. The highest BCUT2D eigenvalue weighted by Crippen LogP contribution is 2.38. The average Bonchev–Trinajstić information content (AvgIpc) is 2.89. The molecule has 0 bridgehead atoms. The molecule has 118 valence electrons. The van der Waals surface area contributed by atoms with Crippen LogP contribution in [0.2, 0.25) is 0 Å². The highest BCUT2D eigenvalue weighted by Gasteiger charge is 2.29. The van der Waals surface area contributed by atoms with Crippen LogP contribution in [0.5, 0.6) is 11.5 Å². The standard InChI is InChI=1S/C19H10Br2O3/c20-13-7-10(8-14(21)18(13)22)9-16-19(23)17-12-4-2-1-3-11(12)5-6-15(17)24-16/h1-9,22H. The van der Waals surface area contributed by atoms with E-state index in [-0.39, 0.29) is 17.3 Å². The monoisotopic (exact) mass is 444 g/mol. The first-order chi connectivity index (χ1) is 11.5. The fourth-order valence-electron chi connectivity index (χ4n) is 2.77. The van der Waals surface area contributed by atoms with Crippen LogP contribution in [0, 0.1) is 0 Å². The van der Waals surface area contributed by atoms with Crippen LogP contribution >= 0.6 is 31.9 Å². The van der Waals surface area contributed by atoms with Crippen LogP contribution < -0.4 is 4.74 Å². The van der Waals surface area contributed by atoms with Crippen molar-refractivity contribution in [1.29, 1.82) is 0 Å². The van der Waals surface area contributed by atoms with Gasteiger partial charge in [0.1, 0.15) is 11.5 Å². The highest BCUT2D eigenvalue weighted by molar-refractivity contribution is 9.11. The van der Waals surface area contributed by atoms with Gasteiger partial charge in [-0.1, -0.05) is 30.3 Å². The lowest BCUT2D eigenvalue weighted by Crippen LogP contribution is -1.98. The Kier molecular flexibility index (Phi) is 3.70. The summed E-state index contributed by atoms with van der Waals surface area (Å²) in [7, 11) is 0. The van der Waals surface area contributed by atoms with Crippen LogP contribution in [0.3, 0.4) is 0 Å². The molecule has 0 aromatic heterocycles. The number of phenols is 1. The van der Waals surface area contributed by atoms with Crippen molar-refractivity contribution in [2.24, 2.45) is 0 Å². The molecule has 0 saturated heterocycles. The number of carbonyl (C=O) groups excluding carboxylic acids is 1. The fourth-order valence-corrected chi connectivity index (χ4v) is 4.00. The lowest BCUT2D eigenvalue weighted by Gasteiger charge is -2.03. The second-order valence-electron chi connectivity index (χ2n) is 5.43. The molecule has 3 nitrogen and oxygen atoms in total. The van der Waals surface area contributed by atoms with Crippen molar-refractivity contribution in [3.05, 3.63) is 74.4 Å². The number of hydrogen-bond acceptors (Lipinski definition) is 3. The Balaban J connectivity index is 1.82. The van der Waals surface area contributed by atoms with E-state index in [9.17, 15) is 9.90 Å². The zero-order valence-corrected chi connectivity index (χ0v) is 15.4. The van der Waals surface area contributed by atoms with Gasteiger partial charge >= 0.3 is 0 Å². The van der Waals surface area contributed by atoms with Gasteiger partial charge in [0.25, 0.3) is 0 Å². The molecule has 3 aromatic carbocycles. The van der Waals surface area contributed by atoms with Gasteiger partial charge in [-0.25, -0.2) is 0 Å². The van der Waals surface area contributed by atoms with E-state index in [1.165, 1.54) is 0 Å². The Morgan fingerprint density at radius 1 is 1.00 bits per heavy atom. The summed E-state index contributed by atoms with van der Waals surface area (Å²) in [5.41, 5.74) is 1.34. The molecule has 3 aromatic rings. The fraction of sp³-hybridized carbons (Fsp3) is 0. The smallest absolute Gasteiger partial charge is 0.232 e. The number of carbonyl (C=O) groups is 1. The van der Waals surface area contributed by atoms with Crippen molar-refractivity contribution in [2.75, 3.05) is 0 Å². The maximum Gasteiger partial charge on any atom is 0.232 e. The minimum absolute atomic E-state index is 0.116. The summed E-state index contributed by atoms with van der Waals surface area (Å²) in [5.74, 6) is 0.819. The molecule has 0 radical (unpaired) electrons. The van der Waals surface area contributed by atoms with Gasteiger partial charge in [0.15, 0.2) is 5.76 Å². The third kappa shape index (κ3) is 2.44. The van der Waals surface area contributed by atoms with E-state index in [0.717, 1.165) is 16.3 Å². The summed E-state index contributed by atoms with van der Waals surface area (Å²) >= 11 is 6.57. The van der Waals surface area contributed by atoms with E-state index in [1.54, 1.807) is 18.2 Å². The zero-order valence-electron chi connectivity index (χ0n) is 12.2. The summed E-state index contributed by atoms with van der Waals surface area (Å²) in [6.07, 6.45) is 1.67. The molecule has 0 spiro atoms. The number of aromatic hydroxyl groups is 1. The Morgan fingerprint density at radius 3 is 2.46 bits per heavy atom. The van der Waals surface area contributed by atoms with E-state index >= 15 is 0 Å². The number of ketones is 1. The number of ether oxygens (including phenoxy) is 1. The van der Waals surface area contributed by atoms with Crippen molar-refractivity contribution < 1.29 is 14.6 Å². The Bertz CT molecular complexity index is 1010. The first-order valence-corrected chi connectivity index (χ1v) is 8.77. The molecule has 1 aliphatic rings. The number of phenolic OH excluding ortho intramolecular Hbond substituents is 1. The molecule has 4 rings (SSSR count). The van der Waals surface area contributed by atoms with Crippen LogP contribution in [0.4, 0.5) is 0 Å². The number of fused-ring (bicyclic) bond motifs is 3. The minimum Gasteiger partial charge on any atom is -0.506 e. The topological polar surface area (TPSA) is 46.5 Å². The number of hydrogen-bond donors (Lipinski definition) is 1. The maximum atomic E-state index is 12.8. The zero-order chi connectivity index (χ0) is 16.8. The summed E-state index contributed by atoms with van der Waals surface area (Å²) in [6, 6.07) is 15.0. The highest BCUT2D eigenvalue weighted by atomic mass is 79.9. The van der Waals surface area contributed by atoms with Crippen molar-refractivity contribution in [1.82, 2.24) is 0 Å². The second-order valence-corrected chi connectivity index (χ2v) is 7.14. The predicted octanol–water partition coefficient (Wildman–Crippen LogP) is 5.69. The molecule has 1 N–H and O–H groups in total. The van der Waals surface area contributed by atoms with E-state index in [0.29, 0.717) is 20.3 Å². The van der Waals surface area contributed by atoms with Gasteiger partial charge in [-0.2, -0.15) is 0 Å². The predicted molar refractivity (Wildman–Crippen MR) is 100 cm³/mol. The lowest BCUT2D eigenvalue weighted by molar-refractivity contribution is 0.101. The molecule has 24 heavy (non-hydrogen) atoms. The van der Waals surface area contributed by atoms with Crippen LogP contribution in [-0.2, 0) is 0 Å². The van der Waals surface area contributed by atoms with Crippen LogP contribution in [-0.4, -0.2) is 10.9 Å². The Hall–Kier alpha value is -2.11. The van der Waals surface area contributed by atoms with Crippen LogP contribution in [0.1, 0.15) is 15.9 Å². The van der Waals surface area contributed by atoms with Gasteiger partial charge < -0.3 is 9.84 Å². The molecule has 5 heteroatoms. The van der Waals surface area contributed by atoms with Gasteiger partial charge in [0, 0.05) is 0 Å². The molecule has 1 heterocycles. The van der Waals surface area contributed by atoms with Crippen LogP contribution in [0.25, 0.3) is 16.8 Å². The summed E-state index contributed by atoms with van der Waals surface area (Å²) in [6.45, 7) is 0. The minimum atomic E-state index is -0.137. The molecule has 0 amide bonds. The molecule has 0 aliphatic carbocycles. The summed E-state index contributed by atoms with van der Waals surface area (Å²) in [5, 5.41) is 11.7. The summed E-state index contributed by atoms with van der Waals surface area (Å²) in [4.78, 5) is 12.8. The van der Waals surface area contributed by atoms with Gasteiger partial charge in [-0.3, -0.25) is 4.79 Å². The van der Waals surface area contributed by atoms with Gasteiger partial charge in [0.2, 0.25) is 5.78 Å². The summed E-state index contributed by atoms with van der Waals surface area (Å²) < 4.78 is 6.84. The number of allylic oxidation sites excluding steroid dienone is 1. The molecule has 1 aliphatic heterocycles. The number of Topliss-reactive ketones (excluding diaryl/α,β-unsaturated/α-hetero) is 1. The van der Waals surface area contributed by atoms with Gasteiger partial charge in [0.05, 0.1) is 14.5 Å². The molecule has 0 saturated carbocycles. The molecular formula is C19H10Br2O3. The Morgan fingerprint density at radius 2 is 1.71 bits per heavy atom. The second kappa shape index (κ2) is 5.76. The Labute approximate surface area is 154 Å². The van der Waals surface area contributed by atoms with E-state index in [2.05, 4.69) is 31.9 Å². The van der Waals surface area contributed by atoms with Crippen molar-refractivity contribution in [2.45, 2.75) is 0 Å². The first-order valence-electron chi connectivity index (χ1n) is 7.18. The van der Waals surface area contributed by atoms with E-state index in [4.69, 9.17) is 4.74 Å². The number of rotatable bonds is 1. The van der Waals surface area contributed by atoms with Gasteiger partial charge in [-0.05, 0) is 72.5 Å². The third-order valence-electron chi connectivity index (χ3n) is 3.90. The molecule has 0 atom stereocenters. The first kappa shape index (κ1) is 15.4. The van der Waals surface area contributed by atoms with E-state index in [1.807, 2.05) is 36.4 Å². The average molecular weight is 446 g/mol. The van der Waals surface area contributed by atoms with Crippen molar-refractivity contribution >= 4 is 54.5 Å². The number of benzene rings is 3. The molecule has 0 fully saturated rings. The van der Waals surface area contributed by atoms with E-state index < -0.39 is 0 Å². The molecule has 0 unspecified atom stereocenters. The lowest BCUT2D eigenvalue weighted by atomic mass is 10.0. The van der Waals surface area contributed by atoms with Gasteiger partial charge in [-0.15, -0.1) is 0 Å². The SMILES string of the molecule is O=C1C(=Cc2cc(Br)c(O)c(Br)c2)Oc2ccc3ccccc3c21. The quantitative estimate of drug-likeness (QED) is 0.489. The maximum absolute atomic E-state index is 12.8. The third-order valence-corrected chi connectivity index (χ3v) is 5.11. The van der Waals surface area contributed by atoms with Crippen LogP contribution in [0.15, 0.2) is 63.2 Å². The van der Waals surface area contributed by atoms with Crippen molar-refractivity contribution in [3.8, 4) is 11.5 Å². The molecular weight excluding hydrogens is 436 g/mol. The van der Waals surface area contributed by atoms with Crippen molar-refractivity contribution in [3.63, 3.8) is 0 Å². The largest absolute Gasteiger partial charge is 0.506 e.